The van der Waals surface area contributed by atoms with E-state index in [9.17, 15) is 9.50 Å². The fraction of sp³-hybridized carbons (Fsp3) is 0.500. The number of morpholine rings is 1. The Balaban J connectivity index is 1.46. The van der Waals surface area contributed by atoms with E-state index in [2.05, 4.69) is 14.8 Å². The Labute approximate surface area is 140 Å². The highest BCUT2D eigenvalue weighted by atomic mass is 19.1. The first-order chi connectivity index (χ1) is 11.7. The Kier molecular flexibility index (Phi) is 4.45. The van der Waals surface area contributed by atoms with Crippen molar-refractivity contribution in [2.24, 2.45) is 0 Å². The molecule has 2 saturated heterocycles. The van der Waals surface area contributed by atoms with Gasteiger partial charge in [0.1, 0.15) is 11.3 Å². The van der Waals surface area contributed by atoms with Crippen LogP contribution in [0.4, 0.5) is 4.39 Å². The van der Waals surface area contributed by atoms with Gasteiger partial charge in [0.05, 0.1) is 25.0 Å². The number of aromatic nitrogens is 1. The van der Waals surface area contributed by atoms with Crippen molar-refractivity contribution in [1.82, 2.24) is 14.8 Å². The van der Waals surface area contributed by atoms with E-state index < -0.39 is 0 Å². The zero-order valence-corrected chi connectivity index (χ0v) is 13.6. The zero-order valence-electron chi connectivity index (χ0n) is 13.6. The maximum absolute atomic E-state index is 13.9. The quantitative estimate of drug-likeness (QED) is 0.917. The monoisotopic (exact) mass is 331 g/mol. The molecule has 2 fully saturated rings. The second kappa shape index (κ2) is 6.72. The van der Waals surface area contributed by atoms with Crippen LogP contribution in [0.5, 0.6) is 0 Å². The molecule has 2 atom stereocenters. The molecule has 0 unspecified atom stereocenters. The van der Waals surface area contributed by atoms with Gasteiger partial charge < -0.3 is 9.84 Å². The van der Waals surface area contributed by atoms with Crippen molar-refractivity contribution in [2.45, 2.75) is 18.7 Å². The van der Waals surface area contributed by atoms with Gasteiger partial charge in [-0.1, -0.05) is 18.2 Å². The lowest BCUT2D eigenvalue weighted by atomic mass is 10.1. The lowest BCUT2D eigenvalue weighted by Crippen LogP contribution is -2.48. The first kappa shape index (κ1) is 15.9. The highest BCUT2D eigenvalue weighted by Crippen LogP contribution is 2.21. The molecule has 1 aromatic carbocycles. The predicted octanol–water partition coefficient (Wildman–Crippen LogP) is 1.25. The summed E-state index contributed by atoms with van der Waals surface area (Å²) in [5, 5.41) is 11.2. The molecule has 0 bridgehead atoms. The molecule has 2 aliphatic heterocycles. The van der Waals surface area contributed by atoms with Crippen LogP contribution in [0.1, 0.15) is 5.69 Å². The van der Waals surface area contributed by atoms with Crippen LogP contribution in [-0.4, -0.2) is 71.4 Å². The molecule has 5 nitrogen and oxygen atoms in total. The number of ether oxygens (including phenoxy) is 1. The summed E-state index contributed by atoms with van der Waals surface area (Å²) in [4.78, 5) is 8.97. The number of hydrogen-bond donors (Lipinski definition) is 1. The predicted molar refractivity (Wildman–Crippen MR) is 89.2 cm³/mol. The van der Waals surface area contributed by atoms with E-state index in [1.54, 1.807) is 6.07 Å². The molecule has 0 amide bonds. The number of β-amino-alcohol motifs (C(OH)–C–C–N with tert-alkyl or cyclic N) is 1. The van der Waals surface area contributed by atoms with Gasteiger partial charge in [-0.15, -0.1) is 0 Å². The number of aliphatic hydroxyl groups excluding tert-OH is 1. The third kappa shape index (κ3) is 3.15. The summed E-state index contributed by atoms with van der Waals surface area (Å²) in [7, 11) is 0. The van der Waals surface area contributed by atoms with Crippen LogP contribution in [0.2, 0.25) is 0 Å². The van der Waals surface area contributed by atoms with Crippen molar-refractivity contribution >= 4 is 10.9 Å². The number of nitrogens with zero attached hydrogens (tertiary/aromatic N) is 3. The van der Waals surface area contributed by atoms with Crippen LogP contribution in [0.15, 0.2) is 30.3 Å². The fourth-order valence-corrected chi connectivity index (χ4v) is 3.71. The molecule has 0 spiro atoms. The molecule has 0 saturated carbocycles. The largest absolute Gasteiger partial charge is 0.390 e. The molecule has 6 heteroatoms. The van der Waals surface area contributed by atoms with Gasteiger partial charge in [-0.3, -0.25) is 9.80 Å². The highest BCUT2D eigenvalue weighted by molar-refractivity contribution is 5.79. The molecule has 2 aromatic rings. The van der Waals surface area contributed by atoms with Gasteiger partial charge in [0.2, 0.25) is 0 Å². The van der Waals surface area contributed by atoms with Crippen LogP contribution in [0, 0.1) is 5.82 Å². The molecule has 4 rings (SSSR count). The van der Waals surface area contributed by atoms with Gasteiger partial charge in [0.25, 0.3) is 0 Å². The van der Waals surface area contributed by atoms with E-state index in [1.165, 1.54) is 6.07 Å². The van der Waals surface area contributed by atoms with Gasteiger partial charge in [-0.25, -0.2) is 9.37 Å². The second-order valence-corrected chi connectivity index (χ2v) is 6.59. The number of fused-ring (bicyclic) bond motifs is 1. The Morgan fingerprint density at radius 1 is 1.17 bits per heavy atom. The standard InChI is InChI=1S/C18H22FN3O2/c19-15-3-1-2-13-4-5-14(20-18(13)15)10-21-11-16(17(23)12-21)22-6-8-24-9-7-22/h1-5,16-17,23H,6-12H2/t16-,17-/m0/s1. The Bertz CT molecular complexity index is 720. The molecule has 128 valence electrons. The first-order valence-electron chi connectivity index (χ1n) is 8.47. The molecular weight excluding hydrogens is 309 g/mol. The number of likely N-dealkylation sites (tertiary alicyclic amines) is 1. The molecule has 1 aromatic heterocycles. The number of halogens is 1. The number of aliphatic hydroxyl groups is 1. The van der Waals surface area contributed by atoms with Crippen molar-refractivity contribution in [3.05, 3.63) is 41.8 Å². The van der Waals surface area contributed by atoms with Gasteiger partial charge in [-0.2, -0.15) is 0 Å². The van der Waals surface area contributed by atoms with E-state index >= 15 is 0 Å². The van der Waals surface area contributed by atoms with Crippen molar-refractivity contribution in [2.75, 3.05) is 39.4 Å². The normalized spacial score (nSPS) is 26.2. The number of rotatable bonds is 3. The summed E-state index contributed by atoms with van der Waals surface area (Å²) in [5.41, 5.74) is 1.25. The van der Waals surface area contributed by atoms with Gasteiger partial charge in [0.15, 0.2) is 0 Å². The van der Waals surface area contributed by atoms with Crippen molar-refractivity contribution in [1.29, 1.82) is 0 Å². The summed E-state index contributed by atoms with van der Waals surface area (Å²) in [5.74, 6) is -0.290. The van der Waals surface area contributed by atoms with E-state index in [1.807, 2.05) is 18.2 Å². The summed E-state index contributed by atoms with van der Waals surface area (Å²) < 4.78 is 19.3. The molecule has 0 aliphatic carbocycles. The first-order valence-corrected chi connectivity index (χ1v) is 8.47. The summed E-state index contributed by atoms with van der Waals surface area (Å²) in [6.45, 7) is 5.26. The Morgan fingerprint density at radius 3 is 2.83 bits per heavy atom. The lowest BCUT2D eigenvalue weighted by molar-refractivity contribution is -0.00618. The zero-order chi connectivity index (χ0) is 16.5. The average molecular weight is 331 g/mol. The molecular formula is C18H22FN3O2. The third-order valence-electron chi connectivity index (χ3n) is 4.96. The lowest BCUT2D eigenvalue weighted by Gasteiger charge is -2.33. The topological polar surface area (TPSA) is 48.8 Å². The fourth-order valence-electron chi connectivity index (χ4n) is 3.71. The smallest absolute Gasteiger partial charge is 0.149 e. The minimum atomic E-state index is -0.361. The van der Waals surface area contributed by atoms with Crippen molar-refractivity contribution < 1.29 is 14.2 Å². The number of para-hydroxylation sites is 1. The van der Waals surface area contributed by atoms with E-state index in [0.717, 1.165) is 43.9 Å². The highest BCUT2D eigenvalue weighted by Gasteiger charge is 2.36. The molecule has 3 heterocycles. The molecule has 2 aliphatic rings. The summed E-state index contributed by atoms with van der Waals surface area (Å²) in [6, 6.07) is 8.99. The third-order valence-corrected chi connectivity index (χ3v) is 4.96. The van der Waals surface area contributed by atoms with Gasteiger partial charge in [-0.05, 0) is 12.1 Å². The van der Waals surface area contributed by atoms with Crippen LogP contribution in [0.25, 0.3) is 10.9 Å². The molecule has 24 heavy (non-hydrogen) atoms. The number of pyridine rings is 1. The maximum Gasteiger partial charge on any atom is 0.149 e. The van der Waals surface area contributed by atoms with Crippen LogP contribution in [-0.2, 0) is 11.3 Å². The van der Waals surface area contributed by atoms with Crippen LogP contribution >= 0.6 is 0 Å². The molecule has 1 N–H and O–H groups in total. The van der Waals surface area contributed by atoms with Gasteiger partial charge >= 0.3 is 0 Å². The van der Waals surface area contributed by atoms with Crippen molar-refractivity contribution in [3.8, 4) is 0 Å². The van der Waals surface area contributed by atoms with Crippen LogP contribution < -0.4 is 0 Å². The minimum absolute atomic E-state index is 0.145. The van der Waals surface area contributed by atoms with Crippen LogP contribution in [0.3, 0.4) is 0 Å². The van der Waals surface area contributed by atoms with E-state index in [0.29, 0.717) is 18.6 Å². The number of hydrogen-bond acceptors (Lipinski definition) is 5. The van der Waals surface area contributed by atoms with E-state index in [4.69, 9.17) is 4.74 Å². The number of benzene rings is 1. The van der Waals surface area contributed by atoms with Gasteiger partial charge in [0, 0.05) is 44.2 Å². The van der Waals surface area contributed by atoms with Crippen molar-refractivity contribution in [3.63, 3.8) is 0 Å². The summed E-state index contributed by atoms with van der Waals surface area (Å²) >= 11 is 0. The second-order valence-electron chi connectivity index (χ2n) is 6.59. The Morgan fingerprint density at radius 2 is 2.00 bits per heavy atom. The minimum Gasteiger partial charge on any atom is -0.390 e. The Hall–Kier alpha value is -1.60. The molecule has 0 radical (unpaired) electrons. The SMILES string of the molecule is O[C@H]1CN(Cc2ccc3cccc(F)c3n2)C[C@@H]1N1CCOCC1. The maximum atomic E-state index is 13.9. The summed E-state index contributed by atoms with van der Waals surface area (Å²) in [6.07, 6.45) is -0.361. The average Bonchev–Trinajstić information content (AvgIpc) is 2.97. The van der Waals surface area contributed by atoms with E-state index in [-0.39, 0.29) is 18.0 Å².